The lowest BCUT2D eigenvalue weighted by molar-refractivity contribution is 0.193. The molecule has 0 bridgehead atoms. The van der Waals surface area contributed by atoms with Gasteiger partial charge < -0.3 is 9.30 Å². The van der Waals surface area contributed by atoms with Gasteiger partial charge in [0.05, 0.1) is 12.8 Å². The van der Waals surface area contributed by atoms with Gasteiger partial charge in [-0.2, -0.15) is 0 Å². The fourth-order valence-corrected chi connectivity index (χ4v) is 3.45. The number of imidazole rings is 1. The lowest BCUT2D eigenvalue weighted by atomic mass is 9.96. The van der Waals surface area contributed by atoms with Crippen LogP contribution in [0.2, 0.25) is 0 Å². The van der Waals surface area contributed by atoms with Gasteiger partial charge in [-0.15, -0.1) is 0 Å². The van der Waals surface area contributed by atoms with E-state index in [1.807, 2.05) is 19.1 Å². The number of likely N-dealkylation sites (tertiary alicyclic amines) is 1. The highest BCUT2D eigenvalue weighted by Gasteiger charge is 2.25. The van der Waals surface area contributed by atoms with Crippen LogP contribution in [0.15, 0.2) is 24.4 Å². The van der Waals surface area contributed by atoms with E-state index in [-0.39, 0.29) is 5.82 Å². The number of hydrogen-bond acceptors (Lipinski definition) is 3. The van der Waals surface area contributed by atoms with Crippen LogP contribution >= 0.6 is 0 Å². The molecule has 0 spiro atoms. The largest absolute Gasteiger partial charge is 0.497 e. The Hall–Kier alpha value is -1.88. The fraction of sp³-hybridized carbons (Fsp3) is 0.500. The summed E-state index contributed by atoms with van der Waals surface area (Å²) >= 11 is 0. The third-order valence-electron chi connectivity index (χ3n) is 4.56. The highest BCUT2D eigenvalue weighted by atomic mass is 19.1. The number of aryl methyl sites for hydroxylation is 2. The summed E-state index contributed by atoms with van der Waals surface area (Å²) in [6.07, 6.45) is 4.33. The zero-order valence-electron chi connectivity index (χ0n) is 14.1. The van der Waals surface area contributed by atoms with Crippen LogP contribution in [0.5, 0.6) is 5.75 Å². The molecule has 1 saturated heterocycles. The number of halogens is 1. The highest BCUT2D eigenvalue weighted by molar-refractivity contribution is 5.29. The number of nitrogens with zero attached hydrogens (tertiary/aromatic N) is 3. The number of ether oxygens (including phenoxy) is 1. The first-order valence-electron chi connectivity index (χ1n) is 8.11. The SMILES string of the molecule is COc1ccc(CN2CCC[C@H](c3nc(C)cn3C)C2)c(F)c1. The van der Waals surface area contributed by atoms with Gasteiger partial charge in [-0.05, 0) is 32.4 Å². The molecule has 1 atom stereocenters. The van der Waals surface area contributed by atoms with Crippen molar-refractivity contribution in [3.63, 3.8) is 0 Å². The summed E-state index contributed by atoms with van der Waals surface area (Å²) in [4.78, 5) is 6.98. The Morgan fingerprint density at radius 3 is 2.87 bits per heavy atom. The molecule has 5 heteroatoms. The molecule has 0 aliphatic carbocycles. The van der Waals surface area contributed by atoms with Crippen molar-refractivity contribution in [3.8, 4) is 5.75 Å². The lowest BCUT2D eigenvalue weighted by Gasteiger charge is -2.32. The van der Waals surface area contributed by atoms with Crippen molar-refractivity contribution >= 4 is 0 Å². The van der Waals surface area contributed by atoms with Crippen LogP contribution in [0.1, 0.15) is 35.8 Å². The Balaban J connectivity index is 1.70. The predicted octanol–water partition coefficient (Wildman–Crippen LogP) is 3.26. The normalized spacial score (nSPS) is 19.0. The van der Waals surface area contributed by atoms with E-state index in [4.69, 9.17) is 4.74 Å². The third-order valence-corrected chi connectivity index (χ3v) is 4.56. The van der Waals surface area contributed by atoms with Gasteiger partial charge in [0.15, 0.2) is 0 Å². The Morgan fingerprint density at radius 2 is 2.22 bits per heavy atom. The van der Waals surface area contributed by atoms with E-state index in [0.717, 1.165) is 43.0 Å². The average Bonchev–Trinajstić information content (AvgIpc) is 2.88. The summed E-state index contributed by atoms with van der Waals surface area (Å²) < 4.78 is 21.3. The van der Waals surface area contributed by atoms with Gasteiger partial charge in [-0.1, -0.05) is 6.07 Å². The number of methoxy groups -OCH3 is 1. The van der Waals surface area contributed by atoms with E-state index in [9.17, 15) is 4.39 Å². The van der Waals surface area contributed by atoms with Gasteiger partial charge in [0.1, 0.15) is 17.4 Å². The second-order valence-electron chi connectivity index (χ2n) is 6.38. The zero-order valence-corrected chi connectivity index (χ0v) is 14.1. The second kappa shape index (κ2) is 6.71. The van der Waals surface area contributed by atoms with E-state index in [0.29, 0.717) is 18.2 Å². The van der Waals surface area contributed by atoms with Crippen LogP contribution in [0.4, 0.5) is 4.39 Å². The van der Waals surface area contributed by atoms with Gasteiger partial charge in [0, 0.05) is 43.9 Å². The Bertz CT molecular complexity index is 683. The molecule has 0 unspecified atom stereocenters. The summed E-state index contributed by atoms with van der Waals surface area (Å²) in [7, 11) is 3.61. The molecule has 124 valence electrons. The van der Waals surface area contributed by atoms with Crippen molar-refractivity contribution < 1.29 is 9.13 Å². The molecule has 2 heterocycles. The molecule has 3 rings (SSSR count). The standard InChI is InChI=1S/C18H24FN3O/c1-13-10-21(2)18(20-13)15-5-4-8-22(12-15)11-14-6-7-16(23-3)9-17(14)19/h6-7,9-10,15H,4-5,8,11-12H2,1-3H3/t15-/m0/s1. The molecule has 1 aliphatic heterocycles. The molecule has 1 aromatic carbocycles. The van der Waals surface area contributed by atoms with E-state index in [2.05, 4.69) is 27.7 Å². The minimum absolute atomic E-state index is 0.195. The van der Waals surface area contributed by atoms with Crippen molar-refractivity contribution in [2.24, 2.45) is 7.05 Å². The van der Waals surface area contributed by atoms with Crippen LogP contribution in [-0.2, 0) is 13.6 Å². The van der Waals surface area contributed by atoms with Gasteiger partial charge in [0.2, 0.25) is 0 Å². The minimum atomic E-state index is -0.195. The molecule has 0 amide bonds. The lowest BCUT2D eigenvalue weighted by Crippen LogP contribution is -2.35. The molecule has 4 nitrogen and oxygen atoms in total. The first kappa shape index (κ1) is 16.0. The highest BCUT2D eigenvalue weighted by Crippen LogP contribution is 2.27. The van der Waals surface area contributed by atoms with Crippen molar-refractivity contribution in [2.75, 3.05) is 20.2 Å². The van der Waals surface area contributed by atoms with Gasteiger partial charge >= 0.3 is 0 Å². The number of rotatable bonds is 4. The molecule has 0 saturated carbocycles. The van der Waals surface area contributed by atoms with Crippen LogP contribution in [0, 0.1) is 12.7 Å². The van der Waals surface area contributed by atoms with Crippen molar-refractivity contribution in [1.29, 1.82) is 0 Å². The van der Waals surface area contributed by atoms with Crippen molar-refractivity contribution in [1.82, 2.24) is 14.5 Å². The molecule has 23 heavy (non-hydrogen) atoms. The minimum Gasteiger partial charge on any atom is -0.497 e. The predicted molar refractivity (Wildman–Crippen MR) is 88.1 cm³/mol. The van der Waals surface area contributed by atoms with Crippen molar-refractivity contribution in [2.45, 2.75) is 32.2 Å². The van der Waals surface area contributed by atoms with Gasteiger partial charge in [-0.3, -0.25) is 4.90 Å². The summed E-state index contributed by atoms with van der Waals surface area (Å²) in [5.74, 6) is 1.93. The van der Waals surface area contributed by atoms with Crippen LogP contribution in [0.3, 0.4) is 0 Å². The van der Waals surface area contributed by atoms with E-state index < -0.39 is 0 Å². The molecule has 0 radical (unpaired) electrons. The molecule has 1 aromatic heterocycles. The number of benzene rings is 1. The Kier molecular flexibility index (Phi) is 4.66. The summed E-state index contributed by atoms with van der Waals surface area (Å²) in [5.41, 5.74) is 1.78. The summed E-state index contributed by atoms with van der Waals surface area (Å²) in [5, 5.41) is 0. The average molecular weight is 317 g/mol. The monoisotopic (exact) mass is 317 g/mol. The van der Waals surface area contributed by atoms with E-state index in [1.165, 1.54) is 6.07 Å². The van der Waals surface area contributed by atoms with E-state index >= 15 is 0 Å². The summed E-state index contributed by atoms with van der Waals surface area (Å²) in [6, 6.07) is 5.10. The first-order valence-corrected chi connectivity index (χ1v) is 8.11. The maximum atomic E-state index is 14.2. The maximum Gasteiger partial charge on any atom is 0.131 e. The third kappa shape index (κ3) is 3.55. The second-order valence-corrected chi connectivity index (χ2v) is 6.38. The number of aromatic nitrogens is 2. The quantitative estimate of drug-likeness (QED) is 0.867. The topological polar surface area (TPSA) is 30.3 Å². The molecular formula is C18H24FN3O. The number of piperidine rings is 1. The van der Waals surface area contributed by atoms with Crippen LogP contribution < -0.4 is 4.74 Å². The Labute approximate surface area is 136 Å². The fourth-order valence-electron chi connectivity index (χ4n) is 3.45. The smallest absolute Gasteiger partial charge is 0.131 e. The molecule has 1 aliphatic rings. The molecule has 1 fully saturated rings. The van der Waals surface area contributed by atoms with Gasteiger partial charge in [0.25, 0.3) is 0 Å². The van der Waals surface area contributed by atoms with Crippen molar-refractivity contribution in [3.05, 3.63) is 47.3 Å². The molecular weight excluding hydrogens is 293 g/mol. The first-order chi connectivity index (χ1) is 11.1. The Morgan fingerprint density at radius 1 is 1.39 bits per heavy atom. The van der Waals surface area contributed by atoms with Gasteiger partial charge in [-0.25, -0.2) is 9.37 Å². The maximum absolute atomic E-state index is 14.2. The zero-order chi connectivity index (χ0) is 16.4. The van der Waals surface area contributed by atoms with Crippen LogP contribution in [0.25, 0.3) is 0 Å². The molecule has 0 N–H and O–H groups in total. The van der Waals surface area contributed by atoms with E-state index in [1.54, 1.807) is 7.11 Å². The molecule has 2 aromatic rings. The number of hydrogen-bond donors (Lipinski definition) is 0. The summed E-state index contributed by atoms with van der Waals surface area (Å²) in [6.45, 7) is 4.59. The van der Waals surface area contributed by atoms with Crippen LogP contribution in [-0.4, -0.2) is 34.7 Å².